The molecule has 0 amide bonds. The summed E-state index contributed by atoms with van der Waals surface area (Å²) < 4.78 is 25.6. The molecule has 0 aliphatic heterocycles. The van der Waals surface area contributed by atoms with Crippen LogP contribution in [-0.2, 0) is 14.8 Å². The number of carboxylic acids is 1. The molecule has 0 aliphatic rings. The molecule has 0 atom stereocenters. The van der Waals surface area contributed by atoms with Crippen LogP contribution >= 0.6 is 11.8 Å². The van der Waals surface area contributed by atoms with E-state index in [4.69, 9.17) is 5.11 Å². The fourth-order valence-corrected chi connectivity index (χ4v) is 2.79. The third-order valence-corrected chi connectivity index (χ3v) is 4.39. The van der Waals surface area contributed by atoms with Crippen molar-refractivity contribution in [2.75, 3.05) is 12.3 Å². The Morgan fingerprint density at radius 1 is 1.35 bits per heavy atom. The molecule has 0 unspecified atom stereocenters. The molecule has 0 aromatic heterocycles. The Bertz CT molecular complexity index is 482. The Balaban J connectivity index is 2.78. The summed E-state index contributed by atoms with van der Waals surface area (Å²) in [5.41, 5.74) is 0. The Hall–Kier alpha value is -1.05. The molecule has 0 aliphatic carbocycles. The highest BCUT2D eigenvalue weighted by Gasteiger charge is 2.11. The van der Waals surface area contributed by atoms with Gasteiger partial charge in [-0.15, -0.1) is 11.8 Å². The van der Waals surface area contributed by atoms with Gasteiger partial charge in [0.25, 0.3) is 0 Å². The molecule has 94 valence electrons. The van der Waals surface area contributed by atoms with Crippen LogP contribution in [0.2, 0.25) is 0 Å². The van der Waals surface area contributed by atoms with Gasteiger partial charge in [-0.05, 0) is 24.3 Å². The number of nitrogens with one attached hydrogen (secondary N) is 1. The number of carbonyl (C=O) groups is 1. The maximum absolute atomic E-state index is 11.6. The summed E-state index contributed by atoms with van der Waals surface area (Å²) in [5, 5.41) is 8.50. The number of rotatable bonds is 6. The largest absolute Gasteiger partial charge is 0.481 e. The highest BCUT2D eigenvalue weighted by molar-refractivity contribution is 8.00. The fraction of sp³-hybridized carbons (Fsp3) is 0.300. The van der Waals surface area contributed by atoms with Crippen LogP contribution in [0.4, 0.5) is 0 Å². The van der Waals surface area contributed by atoms with Crippen molar-refractivity contribution in [3.05, 3.63) is 24.3 Å². The lowest BCUT2D eigenvalue weighted by molar-refractivity contribution is -0.133. The first-order chi connectivity index (χ1) is 7.95. The topological polar surface area (TPSA) is 83.5 Å². The van der Waals surface area contributed by atoms with Crippen molar-refractivity contribution in [3.63, 3.8) is 0 Å². The van der Waals surface area contributed by atoms with Crippen LogP contribution in [0, 0.1) is 0 Å². The van der Waals surface area contributed by atoms with Crippen LogP contribution in [0.1, 0.15) is 6.92 Å². The van der Waals surface area contributed by atoms with E-state index < -0.39 is 16.0 Å². The summed E-state index contributed by atoms with van der Waals surface area (Å²) in [5.74, 6) is -0.946. The standard InChI is InChI=1S/C10H13NO4S2/c1-2-11-17(14,15)9-5-3-8(4-6-9)16-7-10(12)13/h3-6,11H,2,7H2,1H3,(H,12,13). The predicted octanol–water partition coefficient (Wildman–Crippen LogP) is 1.16. The van der Waals surface area contributed by atoms with Gasteiger partial charge < -0.3 is 5.11 Å². The van der Waals surface area contributed by atoms with Crippen LogP contribution in [0.3, 0.4) is 0 Å². The minimum Gasteiger partial charge on any atom is -0.481 e. The van der Waals surface area contributed by atoms with Gasteiger partial charge >= 0.3 is 5.97 Å². The van der Waals surface area contributed by atoms with Crippen LogP contribution < -0.4 is 4.72 Å². The molecule has 0 saturated carbocycles. The van der Waals surface area contributed by atoms with E-state index in [1.54, 1.807) is 19.1 Å². The Morgan fingerprint density at radius 3 is 2.41 bits per heavy atom. The third kappa shape index (κ3) is 4.37. The van der Waals surface area contributed by atoms with Crippen LogP contribution in [0.15, 0.2) is 34.1 Å². The molecule has 1 aromatic rings. The van der Waals surface area contributed by atoms with Crippen LogP contribution in [0.5, 0.6) is 0 Å². The zero-order valence-corrected chi connectivity index (χ0v) is 10.8. The number of benzene rings is 1. The van der Waals surface area contributed by atoms with E-state index in [1.807, 2.05) is 0 Å². The molecule has 0 spiro atoms. The predicted molar refractivity (Wildman–Crippen MR) is 65.7 cm³/mol. The molecule has 0 fully saturated rings. The van der Waals surface area contributed by atoms with Gasteiger partial charge in [0.15, 0.2) is 0 Å². The van der Waals surface area contributed by atoms with Crippen molar-refractivity contribution >= 4 is 27.8 Å². The normalized spacial score (nSPS) is 11.4. The molecule has 5 nitrogen and oxygen atoms in total. The number of thioether (sulfide) groups is 1. The van der Waals surface area contributed by atoms with Crippen molar-refractivity contribution in [1.29, 1.82) is 0 Å². The Morgan fingerprint density at radius 2 is 1.94 bits per heavy atom. The van der Waals surface area contributed by atoms with E-state index >= 15 is 0 Å². The summed E-state index contributed by atoms with van der Waals surface area (Å²) in [4.78, 5) is 11.3. The van der Waals surface area contributed by atoms with Gasteiger partial charge in [0.2, 0.25) is 10.0 Å². The van der Waals surface area contributed by atoms with E-state index in [2.05, 4.69) is 4.72 Å². The molecule has 1 aromatic carbocycles. The highest BCUT2D eigenvalue weighted by atomic mass is 32.2. The second kappa shape index (κ2) is 6.04. The van der Waals surface area contributed by atoms with E-state index in [-0.39, 0.29) is 10.6 Å². The van der Waals surface area contributed by atoms with Gasteiger partial charge in [0, 0.05) is 11.4 Å². The Labute approximate surface area is 104 Å². The van der Waals surface area contributed by atoms with Crippen molar-refractivity contribution in [2.45, 2.75) is 16.7 Å². The van der Waals surface area contributed by atoms with E-state index in [9.17, 15) is 13.2 Å². The molecular weight excluding hydrogens is 262 g/mol. The maximum atomic E-state index is 11.6. The van der Waals surface area contributed by atoms with Crippen molar-refractivity contribution in [1.82, 2.24) is 4.72 Å². The monoisotopic (exact) mass is 275 g/mol. The van der Waals surface area contributed by atoms with Crippen LogP contribution in [0.25, 0.3) is 0 Å². The zero-order valence-electron chi connectivity index (χ0n) is 9.21. The molecule has 2 N–H and O–H groups in total. The zero-order chi connectivity index (χ0) is 12.9. The number of carboxylic acid groups (broad SMARTS) is 1. The highest BCUT2D eigenvalue weighted by Crippen LogP contribution is 2.19. The lowest BCUT2D eigenvalue weighted by Crippen LogP contribution is -2.22. The maximum Gasteiger partial charge on any atom is 0.313 e. The van der Waals surface area contributed by atoms with E-state index in [0.717, 1.165) is 16.7 Å². The average molecular weight is 275 g/mol. The average Bonchev–Trinajstić information content (AvgIpc) is 2.27. The quantitative estimate of drug-likeness (QED) is 0.761. The van der Waals surface area contributed by atoms with Gasteiger partial charge in [-0.25, -0.2) is 13.1 Å². The van der Waals surface area contributed by atoms with Crippen molar-refractivity contribution in [3.8, 4) is 0 Å². The van der Waals surface area contributed by atoms with Gasteiger partial charge in [0.05, 0.1) is 10.6 Å². The minimum absolute atomic E-state index is 0.0424. The number of hydrogen-bond acceptors (Lipinski definition) is 4. The minimum atomic E-state index is -3.43. The summed E-state index contributed by atoms with van der Waals surface area (Å²) in [6.07, 6.45) is 0. The molecule has 7 heteroatoms. The smallest absolute Gasteiger partial charge is 0.313 e. The SMILES string of the molecule is CCNS(=O)(=O)c1ccc(SCC(=O)O)cc1. The molecule has 0 heterocycles. The number of aliphatic carboxylic acids is 1. The molecular formula is C10H13NO4S2. The second-order valence-electron chi connectivity index (χ2n) is 3.16. The third-order valence-electron chi connectivity index (χ3n) is 1.83. The molecule has 0 bridgehead atoms. The summed E-state index contributed by atoms with van der Waals surface area (Å²) in [7, 11) is -3.43. The second-order valence-corrected chi connectivity index (χ2v) is 5.97. The van der Waals surface area contributed by atoms with Crippen molar-refractivity contribution in [2.24, 2.45) is 0 Å². The first-order valence-corrected chi connectivity index (χ1v) is 7.37. The van der Waals surface area contributed by atoms with E-state index in [0.29, 0.717) is 6.54 Å². The van der Waals surface area contributed by atoms with Crippen LogP contribution in [-0.4, -0.2) is 31.8 Å². The lowest BCUT2D eigenvalue weighted by Gasteiger charge is -2.05. The Kier molecular flexibility index (Phi) is 4.98. The first-order valence-electron chi connectivity index (χ1n) is 4.90. The van der Waals surface area contributed by atoms with Crippen molar-refractivity contribution < 1.29 is 18.3 Å². The van der Waals surface area contributed by atoms with Gasteiger partial charge in [-0.1, -0.05) is 6.92 Å². The lowest BCUT2D eigenvalue weighted by atomic mass is 10.4. The summed E-state index contributed by atoms with van der Waals surface area (Å²) in [6, 6.07) is 6.11. The number of hydrogen-bond donors (Lipinski definition) is 2. The summed E-state index contributed by atoms with van der Waals surface area (Å²) >= 11 is 1.15. The summed E-state index contributed by atoms with van der Waals surface area (Å²) in [6.45, 7) is 2.03. The van der Waals surface area contributed by atoms with Gasteiger partial charge in [-0.2, -0.15) is 0 Å². The first kappa shape index (κ1) is 14.0. The van der Waals surface area contributed by atoms with Gasteiger partial charge in [0.1, 0.15) is 0 Å². The molecule has 17 heavy (non-hydrogen) atoms. The fourth-order valence-electron chi connectivity index (χ4n) is 1.13. The molecule has 0 saturated heterocycles. The molecule has 1 rings (SSSR count). The van der Waals surface area contributed by atoms with E-state index in [1.165, 1.54) is 12.1 Å². The van der Waals surface area contributed by atoms with Gasteiger partial charge in [-0.3, -0.25) is 4.79 Å². The number of sulfonamides is 1. The molecule has 0 radical (unpaired) electrons.